The minimum absolute atomic E-state index is 0.182. The zero-order chi connectivity index (χ0) is 34.7. The summed E-state index contributed by atoms with van der Waals surface area (Å²) in [5.74, 6) is -0.0645. The maximum absolute atomic E-state index is 14.7. The second kappa shape index (κ2) is 20.9. The molecule has 1 fully saturated rings. The third kappa shape index (κ3) is 13.2. The Balaban J connectivity index is 0.000000636. The molecule has 0 saturated carbocycles. The number of hydrogen-bond donors (Lipinski definition) is 0. The highest BCUT2D eigenvalue weighted by Crippen LogP contribution is 2.31. The molecule has 46 heavy (non-hydrogen) atoms. The lowest BCUT2D eigenvalue weighted by atomic mass is 9.92. The Labute approximate surface area is 279 Å². The molecule has 2 rings (SSSR count). The fraction of sp³-hybridized carbons (Fsp3) is 0.475. The summed E-state index contributed by atoms with van der Waals surface area (Å²) in [4.78, 5) is 21.6. The minimum Gasteiger partial charge on any atom is -0.371 e. The van der Waals surface area contributed by atoms with Crippen LogP contribution in [0.5, 0.6) is 0 Å². The fourth-order valence-electron chi connectivity index (χ4n) is 5.14. The van der Waals surface area contributed by atoms with Gasteiger partial charge in [0.1, 0.15) is 5.82 Å². The number of aliphatic imine (C=N–C) groups is 1. The van der Waals surface area contributed by atoms with Gasteiger partial charge in [-0.15, -0.1) is 0 Å². The second-order valence-electron chi connectivity index (χ2n) is 12.5. The van der Waals surface area contributed by atoms with Gasteiger partial charge in [0.25, 0.3) is 0 Å². The number of benzene rings is 1. The van der Waals surface area contributed by atoms with E-state index < -0.39 is 0 Å². The van der Waals surface area contributed by atoms with Crippen LogP contribution in [-0.4, -0.2) is 47.6 Å². The van der Waals surface area contributed by atoms with Crippen LogP contribution in [0.4, 0.5) is 4.39 Å². The van der Waals surface area contributed by atoms with Gasteiger partial charge in [-0.2, -0.15) is 5.26 Å². The van der Waals surface area contributed by atoms with Crippen molar-refractivity contribution in [1.29, 1.82) is 5.26 Å². The van der Waals surface area contributed by atoms with E-state index in [2.05, 4.69) is 50.6 Å². The second-order valence-corrected chi connectivity index (χ2v) is 12.5. The first-order valence-electron chi connectivity index (χ1n) is 16.7. The van der Waals surface area contributed by atoms with Crippen LogP contribution in [-0.2, 0) is 4.79 Å². The average Bonchev–Trinajstić information content (AvgIpc) is 3.03. The van der Waals surface area contributed by atoms with E-state index in [4.69, 9.17) is 5.26 Å². The lowest BCUT2D eigenvalue weighted by Gasteiger charge is -2.39. The van der Waals surface area contributed by atoms with Crippen molar-refractivity contribution in [2.75, 3.05) is 26.2 Å². The number of rotatable bonds is 11. The first-order valence-corrected chi connectivity index (χ1v) is 16.7. The summed E-state index contributed by atoms with van der Waals surface area (Å²) in [6.45, 7) is 23.1. The number of carbonyl (C=O) groups is 1. The van der Waals surface area contributed by atoms with E-state index >= 15 is 0 Å². The van der Waals surface area contributed by atoms with Crippen LogP contribution in [0.25, 0.3) is 5.57 Å². The van der Waals surface area contributed by atoms with Gasteiger partial charge in [-0.25, -0.2) is 4.39 Å². The fourth-order valence-corrected chi connectivity index (χ4v) is 5.14. The summed E-state index contributed by atoms with van der Waals surface area (Å²) in [7, 11) is 0. The third-order valence-electron chi connectivity index (χ3n) is 7.56. The molecule has 1 aromatic rings. The lowest BCUT2D eigenvalue weighted by Crippen LogP contribution is -2.51. The molecule has 1 saturated heterocycles. The highest BCUT2D eigenvalue weighted by Gasteiger charge is 2.30. The third-order valence-corrected chi connectivity index (χ3v) is 7.56. The molecule has 0 spiro atoms. The number of allylic oxidation sites excluding steroid dienone is 11. The van der Waals surface area contributed by atoms with Crippen LogP contribution in [0.2, 0.25) is 0 Å². The van der Waals surface area contributed by atoms with Crippen molar-refractivity contribution in [3.8, 4) is 6.07 Å². The minimum atomic E-state index is -0.379. The van der Waals surface area contributed by atoms with Crippen molar-refractivity contribution in [2.45, 2.75) is 94.9 Å². The Hall–Kier alpha value is -3.98. The quantitative estimate of drug-likeness (QED) is 0.139. The van der Waals surface area contributed by atoms with Crippen LogP contribution >= 0.6 is 0 Å². The van der Waals surface area contributed by atoms with Crippen LogP contribution in [0.1, 0.15) is 100 Å². The SMILES string of the molecule is CC/C=C/C=C(C#N)\C=C(/C)CCC.C\C=C(C(/C(C)=N/C=C/CC)=C(/C)N1CCN(C(=O)C(C)(C)C)CC1)\c1ccccc1F. The summed E-state index contributed by atoms with van der Waals surface area (Å²) in [5.41, 5.74) is 5.86. The van der Waals surface area contributed by atoms with Crippen molar-refractivity contribution >= 4 is 17.2 Å². The highest BCUT2D eigenvalue weighted by molar-refractivity contribution is 6.12. The van der Waals surface area contributed by atoms with E-state index in [0.29, 0.717) is 18.7 Å². The topological polar surface area (TPSA) is 59.7 Å². The molecular weight excluding hydrogens is 571 g/mol. The molecule has 1 heterocycles. The molecule has 0 aromatic heterocycles. The first-order chi connectivity index (χ1) is 21.9. The van der Waals surface area contributed by atoms with Gasteiger partial charge in [0.2, 0.25) is 5.91 Å². The van der Waals surface area contributed by atoms with Gasteiger partial charge in [-0.3, -0.25) is 9.79 Å². The normalized spacial score (nSPS) is 16.0. The Morgan fingerprint density at radius 2 is 1.61 bits per heavy atom. The molecule has 0 atom stereocenters. The van der Waals surface area contributed by atoms with Gasteiger partial charge in [-0.05, 0) is 70.7 Å². The molecule has 0 aliphatic carbocycles. The smallest absolute Gasteiger partial charge is 0.228 e. The van der Waals surface area contributed by atoms with E-state index in [1.807, 2.05) is 94.3 Å². The van der Waals surface area contributed by atoms with Gasteiger partial charge >= 0.3 is 0 Å². The van der Waals surface area contributed by atoms with Gasteiger partial charge in [0.15, 0.2) is 0 Å². The highest BCUT2D eigenvalue weighted by atomic mass is 19.1. The summed E-state index contributed by atoms with van der Waals surface area (Å²) >= 11 is 0. The van der Waals surface area contributed by atoms with Crippen LogP contribution in [0.3, 0.4) is 0 Å². The van der Waals surface area contributed by atoms with Crippen molar-refractivity contribution < 1.29 is 9.18 Å². The zero-order valence-electron chi connectivity index (χ0n) is 30.1. The monoisotopic (exact) mass is 628 g/mol. The number of nitriles is 1. The van der Waals surface area contributed by atoms with Crippen molar-refractivity contribution in [1.82, 2.24) is 9.80 Å². The number of amides is 1. The Morgan fingerprint density at radius 1 is 1.00 bits per heavy atom. The molecule has 1 amide bonds. The predicted octanol–water partition coefficient (Wildman–Crippen LogP) is 10.2. The van der Waals surface area contributed by atoms with Crippen molar-refractivity contribution in [3.63, 3.8) is 0 Å². The Morgan fingerprint density at radius 3 is 2.13 bits per heavy atom. The maximum atomic E-state index is 14.7. The van der Waals surface area contributed by atoms with Crippen LogP contribution in [0.15, 0.2) is 94.3 Å². The molecular formula is C40H57FN4O. The zero-order valence-corrected chi connectivity index (χ0v) is 30.1. The molecule has 5 nitrogen and oxygen atoms in total. The van der Waals surface area contributed by atoms with E-state index in [9.17, 15) is 9.18 Å². The van der Waals surface area contributed by atoms with Gasteiger partial charge in [0, 0.05) is 60.3 Å². The van der Waals surface area contributed by atoms with Gasteiger partial charge < -0.3 is 9.80 Å². The molecule has 0 bridgehead atoms. The lowest BCUT2D eigenvalue weighted by molar-refractivity contribution is -0.141. The van der Waals surface area contributed by atoms with Crippen molar-refractivity contribution in [3.05, 3.63) is 101 Å². The first kappa shape index (κ1) is 40.0. The molecule has 1 aromatic carbocycles. The molecule has 250 valence electrons. The summed E-state index contributed by atoms with van der Waals surface area (Å²) < 4.78 is 14.7. The van der Waals surface area contributed by atoms with Gasteiger partial charge in [-0.1, -0.05) is 96.0 Å². The summed E-state index contributed by atoms with van der Waals surface area (Å²) in [6.07, 6.45) is 17.7. The Kier molecular flexibility index (Phi) is 18.2. The van der Waals surface area contributed by atoms with E-state index in [1.54, 1.807) is 6.07 Å². The maximum Gasteiger partial charge on any atom is 0.228 e. The molecule has 6 heteroatoms. The van der Waals surface area contributed by atoms with E-state index in [1.165, 1.54) is 11.6 Å². The molecule has 0 radical (unpaired) electrons. The number of carbonyl (C=O) groups excluding carboxylic acids is 1. The van der Waals surface area contributed by atoms with Crippen LogP contribution < -0.4 is 0 Å². The number of hydrogen-bond acceptors (Lipinski definition) is 4. The van der Waals surface area contributed by atoms with Crippen molar-refractivity contribution in [2.24, 2.45) is 10.4 Å². The molecule has 0 unspecified atom stereocenters. The number of halogens is 1. The molecule has 0 N–H and O–H groups in total. The number of piperazine rings is 1. The Bertz CT molecular complexity index is 1380. The van der Waals surface area contributed by atoms with E-state index in [0.717, 1.165) is 66.9 Å². The largest absolute Gasteiger partial charge is 0.371 e. The van der Waals surface area contributed by atoms with E-state index in [-0.39, 0.29) is 17.1 Å². The molecule has 1 aliphatic heterocycles. The standard InChI is InChI=1S/C27H38FN3O.C13H19N/c1-8-10-15-29-20(3)25(22(9-2)23-13-11-12-14-24(23)28)21(4)30-16-18-31(19-17-30)26(32)27(5,6)7;1-4-6-7-9-13(11-14)10-12(3)8-5-2/h9-15H,8,16-19H2,1-7H3;6-7,9-10H,4-5,8H2,1-3H3/b15-10+,22-9-,25-21-,29-20+;7-6+,12-10+,13-9+. The summed E-state index contributed by atoms with van der Waals surface area (Å²) in [5, 5.41) is 8.85. The summed E-state index contributed by atoms with van der Waals surface area (Å²) in [6, 6.07) is 9.05. The van der Waals surface area contributed by atoms with Gasteiger partial charge in [0.05, 0.1) is 11.6 Å². The molecule has 1 aliphatic rings. The predicted molar refractivity (Wildman–Crippen MR) is 195 cm³/mol. The number of nitrogens with zero attached hydrogens (tertiary/aromatic N) is 4. The average molecular weight is 629 g/mol. The van der Waals surface area contributed by atoms with Crippen LogP contribution in [0, 0.1) is 22.6 Å².